The molecule has 4 rings (SSSR count). The van der Waals surface area contributed by atoms with Gasteiger partial charge >= 0.3 is 0 Å². The van der Waals surface area contributed by atoms with E-state index in [1.165, 1.54) is 17.7 Å². The largest absolute Gasteiger partial charge is 0.483 e. The van der Waals surface area contributed by atoms with Gasteiger partial charge < -0.3 is 14.5 Å². The lowest BCUT2D eigenvalue weighted by Crippen LogP contribution is -2.10. The first kappa shape index (κ1) is 22.3. The van der Waals surface area contributed by atoms with Gasteiger partial charge in [0, 0.05) is 11.2 Å². The van der Waals surface area contributed by atoms with E-state index in [-0.39, 0.29) is 22.4 Å². The van der Waals surface area contributed by atoms with E-state index in [2.05, 4.69) is 22.5 Å². The first-order valence-electron chi connectivity index (χ1n) is 9.63. The summed E-state index contributed by atoms with van der Waals surface area (Å²) < 4.78 is 13.0. The summed E-state index contributed by atoms with van der Waals surface area (Å²) in [5.74, 6) is 0.477. The number of carbonyl (C=O) groups is 1. The Morgan fingerprint density at radius 1 is 1.09 bits per heavy atom. The number of carbonyl (C=O) groups excluding carboxylic acids is 1. The maximum atomic E-state index is 12.5. The standard InChI is InChI=1S/C23H18Cl3N3O3/c1-14-2-4-15(5-3-14)11-29-12-17(10-27-29)28-23(30)21-7-6-18(32-21)13-31-22-19(25)8-16(24)9-20(22)26/h2-10,12H,11,13H2,1H3,(H,28,30). The molecule has 2 aromatic carbocycles. The number of rotatable bonds is 7. The molecule has 6 nitrogen and oxygen atoms in total. The fourth-order valence-corrected chi connectivity index (χ4v) is 3.90. The Morgan fingerprint density at radius 2 is 1.81 bits per heavy atom. The molecular weight excluding hydrogens is 473 g/mol. The van der Waals surface area contributed by atoms with Crippen LogP contribution in [0.2, 0.25) is 15.1 Å². The van der Waals surface area contributed by atoms with E-state index in [9.17, 15) is 4.79 Å². The van der Waals surface area contributed by atoms with Gasteiger partial charge in [0.05, 0.1) is 28.5 Å². The van der Waals surface area contributed by atoms with Crippen LogP contribution in [0.4, 0.5) is 5.69 Å². The molecule has 0 saturated heterocycles. The maximum absolute atomic E-state index is 12.5. The Kier molecular flexibility index (Phi) is 6.74. The fraction of sp³-hybridized carbons (Fsp3) is 0.130. The zero-order chi connectivity index (χ0) is 22.7. The van der Waals surface area contributed by atoms with Crippen LogP contribution in [0.5, 0.6) is 5.75 Å². The van der Waals surface area contributed by atoms with E-state index in [1.54, 1.807) is 29.2 Å². The molecule has 32 heavy (non-hydrogen) atoms. The number of benzene rings is 2. The third-order valence-electron chi connectivity index (χ3n) is 4.56. The lowest BCUT2D eigenvalue weighted by Gasteiger charge is -2.09. The molecule has 0 aliphatic heterocycles. The molecule has 4 aromatic rings. The molecule has 0 spiro atoms. The quantitative estimate of drug-likeness (QED) is 0.316. The van der Waals surface area contributed by atoms with Crippen LogP contribution >= 0.6 is 34.8 Å². The molecule has 0 saturated carbocycles. The van der Waals surface area contributed by atoms with E-state index < -0.39 is 5.91 Å². The van der Waals surface area contributed by atoms with Gasteiger partial charge in [-0.3, -0.25) is 9.48 Å². The molecule has 0 aliphatic rings. The normalized spacial score (nSPS) is 10.9. The van der Waals surface area contributed by atoms with Crippen LogP contribution in [-0.4, -0.2) is 15.7 Å². The van der Waals surface area contributed by atoms with Crippen molar-refractivity contribution in [2.75, 3.05) is 5.32 Å². The van der Waals surface area contributed by atoms with Crippen molar-refractivity contribution in [2.45, 2.75) is 20.1 Å². The maximum Gasteiger partial charge on any atom is 0.291 e. The van der Waals surface area contributed by atoms with Crippen LogP contribution in [-0.2, 0) is 13.2 Å². The van der Waals surface area contributed by atoms with Crippen LogP contribution in [0.25, 0.3) is 0 Å². The lowest BCUT2D eigenvalue weighted by molar-refractivity contribution is 0.0992. The number of nitrogens with one attached hydrogen (secondary N) is 1. The van der Waals surface area contributed by atoms with E-state index in [4.69, 9.17) is 44.0 Å². The molecule has 0 unspecified atom stereocenters. The average molecular weight is 491 g/mol. The van der Waals surface area contributed by atoms with Crippen LogP contribution in [0, 0.1) is 6.92 Å². The molecule has 2 heterocycles. The molecule has 0 atom stereocenters. The van der Waals surface area contributed by atoms with Crippen LogP contribution in [0.1, 0.15) is 27.4 Å². The number of aryl methyl sites for hydroxylation is 1. The van der Waals surface area contributed by atoms with Gasteiger partial charge in [0.2, 0.25) is 0 Å². The van der Waals surface area contributed by atoms with Crippen LogP contribution in [0.15, 0.2) is 65.3 Å². The van der Waals surface area contributed by atoms with Crippen molar-refractivity contribution in [1.82, 2.24) is 9.78 Å². The van der Waals surface area contributed by atoms with E-state index in [1.807, 2.05) is 19.1 Å². The predicted octanol–water partition coefficient (Wildman–Crippen LogP) is 6.62. The van der Waals surface area contributed by atoms with E-state index in [0.29, 0.717) is 28.8 Å². The van der Waals surface area contributed by atoms with Gasteiger partial charge in [-0.1, -0.05) is 64.6 Å². The second-order valence-corrected chi connectivity index (χ2v) is 8.37. The third kappa shape index (κ3) is 5.46. The van der Waals surface area contributed by atoms with Gasteiger partial charge in [-0.2, -0.15) is 5.10 Å². The molecule has 0 bridgehead atoms. The SMILES string of the molecule is Cc1ccc(Cn2cc(NC(=O)c3ccc(COc4c(Cl)cc(Cl)cc4Cl)o3)cn2)cc1. The van der Waals surface area contributed by atoms with Gasteiger partial charge in [-0.15, -0.1) is 0 Å². The molecule has 1 amide bonds. The summed E-state index contributed by atoms with van der Waals surface area (Å²) in [4.78, 5) is 12.5. The Hall–Kier alpha value is -2.93. The van der Waals surface area contributed by atoms with Gasteiger partial charge in [0.25, 0.3) is 5.91 Å². The predicted molar refractivity (Wildman–Crippen MR) is 125 cm³/mol. The van der Waals surface area contributed by atoms with Crippen molar-refractivity contribution in [3.05, 3.63) is 98.6 Å². The molecular formula is C23H18Cl3N3O3. The highest BCUT2D eigenvalue weighted by Gasteiger charge is 2.15. The number of furan rings is 1. The zero-order valence-corrected chi connectivity index (χ0v) is 19.2. The van der Waals surface area contributed by atoms with Crippen molar-refractivity contribution in [2.24, 2.45) is 0 Å². The summed E-state index contributed by atoms with van der Waals surface area (Å²) in [5.41, 5.74) is 2.88. The van der Waals surface area contributed by atoms with Crippen LogP contribution in [0.3, 0.4) is 0 Å². The molecule has 2 aromatic heterocycles. The smallest absolute Gasteiger partial charge is 0.291 e. The first-order chi connectivity index (χ1) is 15.4. The molecule has 0 radical (unpaired) electrons. The highest BCUT2D eigenvalue weighted by molar-refractivity contribution is 6.40. The minimum atomic E-state index is -0.395. The molecule has 0 fully saturated rings. The second kappa shape index (κ2) is 9.69. The third-order valence-corrected chi connectivity index (χ3v) is 5.34. The number of halogens is 3. The van der Waals surface area contributed by atoms with Crippen molar-refractivity contribution in [3.8, 4) is 5.75 Å². The van der Waals surface area contributed by atoms with E-state index in [0.717, 1.165) is 5.56 Å². The molecule has 9 heteroatoms. The van der Waals surface area contributed by atoms with Gasteiger partial charge in [0.1, 0.15) is 12.4 Å². The number of anilines is 1. The summed E-state index contributed by atoms with van der Waals surface area (Å²) in [6.07, 6.45) is 3.35. The highest BCUT2D eigenvalue weighted by atomic mass is 35.5. The van der Waals surface area contributed by atoms with Crippen molar-refractivity contribution < 1.29 is 13.9 Å². The fourth-order valence-electron chi connectivity index (χ4n) is 2.98. The minimum Gasteiger partial charge on any atom is -0.483 e. The van der Waals surface area contributed by atoms with E-state index >= 15 is 0 Å². The number of aromatic nitrogens is 2. The van der Waals surface area contributed by atoms with Gasteiger partial charge in [-0.25, -0.2) is 0 Å². The molecule has 1 N–H and O–H groups in total. The lowest BCUT2D eigenvalue weighted by atomic mass is 10.1. The summed E-state index contributed by atoms with van der Waals surface area (Å²) in [6.45, 7) is 2.69. The summed E-state index contributed by atoms with van der Waals surface area (Å²) in [7, 11) is 0. The Bertz CT molecular complexity index is 1230. The minimum absolute atomic E-state index is 0.0445. The number of hydrogen-bond donors (Lipinski definition) is 1. The second-order valence-electron chi connectivity index (χ2n) is 7.12. The molecule has 164 valence electrons. The monoisotopic (exact) mass is 489 g/mol. The summed E-state index contributed by atoms with van der Waals surface area (Å²) in [6, 6.07) is 14.5. The Labute approximate surface area is 199 Å². The molecule has 0 aliphatic carbocycles. The number of ether oxygens (including phenoxy) is 1. The summed E-state index contributed by atoms with van der Waals surface area (Å²) in [5, 5.41) is 8.04. The number of amides is 1. The zero-order valence-electron chi connectivity index (χ0n) is 16.9. The highest BCUT2D eigenvalue weighted by Crippen LogP contribution is 2.36. The Balaban J connectivity index is 1.35. The van der Waals surface area contributed by atoms with Gasteiger partial charge in [0.15, 0.2) is 11.5 Å². The van der Waals surface area contributed by atoms with Crippen molar-refractivity contribution in [1.29, 1.82) is 0 Å². The Morgan fingerprint density at radius 3 is 2.53 bits per heavy atom. The summed E-state index contributed by atoms with van der Waals surface area (Å²) >= 11 is 18.1. The topological polar surface area (TPSA) is 69.3 Å². The van der Waals surface area contributed by atoms with Crippen molar-refractivity contribution in [3.63, 3.8) is 0 Å². The number of hydrogen-bond acceptors (Lipinski definition) is 4. The van der Waals surface area contributed by atoms with Crippen molar-refractivity contribution >= 4 is 46.4 Å². The van der Waals surface area contributed by atoms with Crippen LogP contribution < -0.4 is 10.1 Å². The average Bonchev–Trinajstić information content (AvgIpc) is 3.38. The van der Waals surface area contributed by atoms with Gasteiger partial charge in [-0.05, 0) is 36.8 Å². The number of nitrogens with zero attached hydrogens (tertiary/aromatic N) is 2. The first-order valence-corrected chi connectivity index (χ1v) is 10.8.